The van der Waals surface area contributed by atoms with Crippen molar-refractivity contribution in [3.05, 3.63) is 46.7 Å². The Morgan fingerprint density at radius 3 is 2.65 bits per heavy atom. The van der Waals surface area contributed by atoms with Crippen molar-refractivity contribution >= 4 is 11.6 Å². The van der Waals surface area contributed by atoms with Gasteiger partial charge in [0.25, 0.3) is 0 Å². The van der Waals surface area contributed by atoms with Gasteiger partial charge in [-0.2, -0.15) is 0 Å². The molecular formula is C15H18ClN3O. The van der Waals surface area contributed by atoms with Gasteiger partial charge in [-0.25, -0.2) is 9.97 Å². The van der Waals surface area contributed by atoms with Crippen molar-refractivity contribution in [2.75, 3.05) is 0 Å². The summed E-state index contributed by atoms with van der Waals surface area (Å²) >= 11 is 6.07. The molecule has 1 aromatic heterocycles. The van der Waals surface area contributed by atoms with Crippen LogP contribution in [0.25, 0.3) is 0 Å². The number of nitrogens with two attached hydrogens (primary N) is 1. The molecule has 1 atom stereocenters. The number of aryl methyl sites for hydroxylation is 1. The molecule has 20 heavy (non-hydrogen) atoms. The van der Waals surface area contributed by atoms with Crippen LogP contribution in [0, 0.1) is 6.92 Å². The quantitative estimate of drug-likeness (QED) is 0.916. The molecule has 2 N–H and O–H groups in total. The van der Waals surface area contributed by atoms with Gasteiger partial charge in [0, 0.05) is 18.4 Å². The first-order valence-electron chi connectivity index (χ1n) is 6.59. The molecule has 0 spiro atoms. The molecule has 5 heteroatoms. The lowest BCUT2D eigenvalue weighted by molar-refractivity contribution is 0.440. The van der Waals surface area contributed by atoms with Crippen molar-refractivity contribution < 1.29 is 4.74 Å². The minimum Gasteiger partial charge on any atom is -0.423 e. The van der Waals surface area contributed by atoms with Crippen molar-refractivity contribution in [3.8, 4) is 11.8 Å². The van der Waals surface area contributed by atoms with Gasteiger partial charge >= 0.3 is 6.01 Å². The predicted molar refractivity (Wildman–Crippen MR) is 80.3 cm³/mol. The van der Waals surface area contributed by atoms with Crippen LogP contribution in [0.15, 0.2) is 30.6 Å². The lowest BCUT2D eigenvalue weighted by Crippen LogP contribution is -2.21. The Kier molecular flexibility index (Phi) is 4.93. The average molecular weight is 292 g/mol. The first-order valence-corrected chi connectivity index (χ1v) is 6.96. The first kappa shape index (κ1) is 14.8. The molecule has 0 radical (unpaired) electrons. The van der Waals surface area contributed by atoms with E-state index in [2.05, 4.69) is 16.9 Å². The summed E-state index contributed by atoms with van der Waals surface area (Å²) in [7, 11) is 0. The largest absolute Gasteiger partial charge is 0.423 e. The molecule has 0 fully saturated rings. The fourth-order valence-corrected chi connectivity index (χ4v) is 1.89. The third kappa shape index (κ3) is 3.92. The molecule has 1 heterocycles. The van der Waals surface area contributed by atoms with Gasteiger partial charge in [-0.15, -0.1) is 0 Å². The fourth-order valence-electron chi connectivity index (χ4n) is 1.74. The second-order valence-corrected chi connectivity index (χ2v) is 5.19. The third-order valence-electron chi connectivity index (χ3n) is 2.99. The number of aromatic nitrogens is 2. The zero-order valence-electron chi connectivity index (χ0n) is 11.6. The predicted octanol–water partition coefficient (Wildman–Crippen LogP) is 3.51. The van der Waals surface area contributed by atoms with Gasteiger partial charge in [-0.05, 0) is 43.0 Å². The van der Waals surface area contributed by atoms with Crippen molar-refractivity contribution in [2.24, 2.45) is 5.73 Å². The second-order valence-electron chi connectivity index (χ2n) is 4.78. The van der Waals surface area contributed by atoms with Crippen LogP contribution in [0.1, 0.15) is 24.5 Å². The Morgan fingerprint density at radius 1 is 1.30 bits per heavy atom. The molecule has 0 aliphatic heterocycles. The van der Waals surface area contributed by atoms with Gasteiger partial charge in [0.2, 0.25) is 0 Å². The number of hydrogen-bond acceptors (Lipinski definition) is 4. The lowest BCUT2D eigenvalue weighted by atomic mass is 10.1. The van der Waals surface area contributed by atoms with E-state index in [-0.39, 0.29) is 12.1 Å². The Labute approximate surface area is 124 Å². The molecule has 106 valence electrons. The maximum absolute atomic E-state index is 6.07. The average Bonchev–Trinajstić information content (AvgIpc) is 2.45. The van der Waals surface area contributed by atoms with Crippen molar-refractivity contribution in [1.29, 1.82) is 0 Å². The molecule has 2 aromatic rings. The molecule has 0 aliphatic rings. The van der Waals surface area contributed by atoms with E-state index < -0.39 is 0 Å². The van der Waals surface area contributed by atoms with E-state index >= 15 is 0 Å². The Balaban J connectivity index is 2.09. The van der Waals surface area contributed by atoms with Gasteiger partial charge < -0.3 is 10.5 Å². The van der Waals surface area contributed by atoms with Gasteiger partial charge in [0.1, 0.15) is 5.75 Å². The number of nitrogens with zero attached hydrogens (tertiary/aromatic N) is 2. The number of rotatable bonds is 5. The number of halogens is 1. The maximum Gasteiger partial charge on any atom is 0.321 e. The molecule has 2 rings (SSSR count). The zero-order chi connectivity index (χ0) is 14.5. The summed E-state index contributed by atoms with van der Waals surface area (Å²) in [5.41, 5.74) is 7.97. The van der Waals surface area contributed by atoms with E-state index in [1.807, 2.05) is 19.1 Å². The van der Waals surface area contributed by atoms with Gasteiger partial charge in [0.05, 0.1) is 5.02 Å². The summed E-state index contributed by atoms with van der Waals surface area (Å²) in [4.78, 5) is 8.37. The van der Waals surface area contributed by atoms with Gasteiger partial charge in [-0.3, -0.25) is 0 Å². The molecule has 0 bridgehead atoms. The van der Waals surface area contributed by atoms with E-state index in [0.29, 0.717) is 10.8 Å². The highest BCUT2D eigenvalue weighted by Crippen LogP contribution is 2.28. The molecule has 1 unspecified atom stereocenters. The normalized spacial score (nSPS) is 12.2. The van der Waals surface area contributed by atoms with E-state index in [1.54, 1.807) is 18.5 Å². The van der Waals surface area contributed by atoms with Crippen molar-refractivity contribution in [1.82, 2.24) is 9.97 Å². The van der Waals surface area contributed by atoms with E-state index in [0.717, 1.165) is 24.0 Å². The second kappa shape index (κ2) is 6.68. The Bertz CT molecular complexity index is 572. The molecule has 0 amide bonds. The minimum atomic E-state index is 0.136. The number of hydrogen-bond donors (Lipinski definition) is 1. The van der Waals surface area contributed by atoms with Crippen molar-refractivity contribution in [2.45, 2.75) is 32.7 Å². The Hall–Kier alpha value is -1.65. The Morgan fingerprint density at radius 2 is 2.00 bits per heavy atom. The zero-order valence-corrected chi connectivity index (χ0v) is 12.4. The maximum atomic E-state index is 6.07. The van der Waals surface area contributed by atoms with Crippen molar-refractivity contribution in [3.63, 3.8) is 0 Å². The molecule has 1 aromatic carbocycles. The third-order valence-corrected chi connectivity index (χ3v) is 3.30. The number of ether oxygens (including phenoxy) is 1. The van der Waals surface area contributed by atoms with Gasteiger partial charge in [-0.1, -0.05) is 24.6 Å². The summed E-state index contributed by atoms with van der Waals surface area (Å²) in [6.07, 6.45) is 5.17. The van der Waals surface area contributed by atoms with Gasteiger partial charge in [0.15, 0.2) is 0 Å². The van der Waals surface area contributed by atoms with E-state index in [9.17, 15) is 0 Å². The topological polar surface area (TPSA) is 61.0 Å². The van der Waals surface area contributed by atoms with Crippen LogP contribution in [0.4, 0.5) is 0 Å². The summed E-state index contributed by atoms with van der Waals surface area (Å²) in [6.45, 7) is 4.03. The van der Waals surface area contributed by atoms with E-state index in [1.165, 1.54) is 0 Å². The summed E-state index contributed by atoms with van der Waals surface area (Å²) in [5, 5.41) is 0.538. The van der Waals surface area contributed by atoms with Crippen LogP contribution in [0.5, 0.6) is 11.8 Å². The highest BCUT2D eigenvalue weighted by atomic mass is 35.5. The monoisotopic (exact) mass is 291 g/mol. The van der Waals surface area contributed by atoms with Crippen LogP contribution in [0.3, 0.4) is 0 Å². The van der Waals surface area contributed by atoms with E-state index in [4.69, 9.17) is 22.1 Å². The van der Waals surface area contributed by atoms with Crippen LogP contribution in [-0.4, -0.2) is 16.0 Å². The summed E-state index contributed by atoms with van der Waals surface area (Å²) in [6, 6.07) is 5.99. The summed E-state index contributed by atoms with van der Waals surface area (Å²) < 4.78 is 5.59. The number of benzene rings is 1. The van der Waals surface area contributed by atoms with Crippen LogP contribution < -0.4 is 10.5 Å². The molecular weight excluding hydrogens is 274 g/mol. The lowest BCUT2D eigenvalue weighted by Gasteiger charge is -2.09. The highest BCUT2D eigenvalue weighted by molar-refractivity contribution is 6.32. The molecule has 0 saturated heterocycles. The highest BCUT2D eigenvalue weighted by Gasteiger charge is 2.07. The minimum absolute atomic E-state index is 0.136. The standard InChI is InChI=1S/C15H18ClN3O/c1-3-12(17)7-11-8-18-15(19-9-11)20-14-6-10(2)4-5-13(14)16/h4-6,8-9,12H,3,7,17H2,1-2H3. The van der Waals surface area contributed by atoms with Crippen LogP contribution in [-0.2, 0) is 6.42 Å². The molecule has 4 nitrogen and oxygen atoms in total. The summed E-state index contributed by atoms with van der Waals surface area (Å²) in [5.74, 6) is 0.560. The smallest absolute Gasteiger partial charge is 0.321 e. The SMILES string of the molecule is CCC(N)Cc1cnc(Oc2cc(C)ccc2Cl)nc1. The fraction of sp³-hybridized carbons (Fsp3) is 0.333. The first-order chi connectivity index (χ1) is 9.58. The van der Waals surface area contributed by atoms with Crippen LogP contribution in [0.2, 0.25) is 5.02 Å². The molecule has 0 saturated carbocycles. The van der Waals surface area contributed by atoms with Crippen LogP contribution >= 0.6 is 11.6 Å². The molecule has 0 aliphatic carbocycles.